The smallest absolute Gasteiger partial charge is 0.411 e. The Morgan fingerprint density at radius 2 is 1.15 bits per heavy atom. The summed E-state index contributed by atoms with van der Waals surface area (Å²) in [6.45, 7) is 4.59. The third kappa shape index (κ3) is 4.92. The average Bonchev–Trinajstić information content (AvgIpc) is 2.87. The Morgan fingerprint density at radius 3 is 1.58 bits per heavy atom. The topological polar surface area (TPSA) is 38.3 Å². The molecule has 0 aliphatic carbocycles. The van der Waals surface area contributed by atoms with E-state index in [1.54, 1.807) is 24.3 Å². The molecule has 4 rings (SSSR count). The molecule has 1 amide bonds. The minimum atomic E-state index is -2.71. The largest absolute Gasteiger partial charge is 0.445 e. The van der Waals surface area contributed by atoms with Gasteiger partial charge >= 0.3 is 6.09 Å². The Morgan fingerprint density at radius 1 is 0.727 bits per heavy atom. The van der Waals surface area contributed by atoms with Gasteiger partial charge in [0.1, 0.15) is 6.61 Å². The Hall–Kier alpha value is -3.60. The fourth-order valence-corrected chi connectivity index (χ4v) is 8.84. The van der Waals surface area contributed by atoms with Crippen molar-refractivity contribution in [3.8, 4) is 0 Å². The maximum atomic E-state index is 12.5. The molecule has 0 saturated carbocycles. The number of carbonyl (C=O) groups is 1. The summed E-state index contributed by atoms with van der Waals surface area (Å²) in [5.74, 6) is 0. The lowest BCUT2D eigenvalue weighted by Gasteiger charge is -2.35. The summed E-state index contributed by atoms with van der Waals surface area (Å²) in [6.07, 6.45) is -0.532. The number of carbonyl (C=O) groups excluding carboxylic acids is 1. The summed E-state index contributed by atoms with van der Waals surface area (Å²) in [7, 11) is -2.71. The van der Waals surface area contributed by atoms with E-state index in [4.69, 9.17) is 16.3 Å². The normalized spacial score (nSPS) is 10.9. The fraction of sp³-hybridized carbons (Fsp3) is 0.0357. The van der Waals surface area contributed by atoms with Crippen LogP contribution in [-0.4, -0.2) is 20.8 Å². The van der Waals surface area contributed by atoms with Crippen LogP contribution in [0.1, 0.15) is 0 Å². The zero-order chi connectivity index (χ0) is 23.1. The van der Waals surface area contributed by atoms with Gasteiger partial charge in [0.2, 0.25) is 0 Å². The van der Waals surface area contributed by atoms with Gasteiger partial charge in [-0.15, -0.1) is 0 Å². The van der Waals surface area contributed by atoms with Crippen molar-refractivity contribution >= 4 is 47.0 Å². The molecule has 5 heteroatoms. The van der Waals surface area contributed by atoms with E-state index in [2.05, 4.69) is 48.3 Å². The van der Waals surface area contributed by atoms with Crippen molar-refractivity contribution in [2.75, 3.05) is 11.9 Å². The third-order valence-electron chi connectivity index (χ3n) is 5.62. The number of benzene rings is 4. The van der Waals surface area contributed by atoms with E-state index >= 15 is 0 Å². The highest BCUT2D eigenvalue weighted by molar-refractivity contribution is 7.16. The van der Waals surface area contributed by atoms with E-state index in [0.717, 1.165) is 5.20 Å². The lowest BCUT2D eigenvalue weighted by molar-refractivity contribution is 0.173. The summed E-state index contributed by atoms with van der Waals surface area (Å²) < 4.78 is 5.66. The molecule has 0 bridgehead atoms. The number of anilines is 1. The van der Waals surface area contributed by atoms with Crippen molar-refractivity contribution in [3.05, 3.63) is 132 Å². The summed E-state index contributed by atoms with van der Waals surface area (Å²) in [6, 6.07) is 38.1. The Kier molecular flexibility index (Phi) is 7.08. The van der Waals surface area contributed by atoms with Gasteiger partial charge in [-0.3, -0.25) is 5.32 Å². The van der Waals surface area contributed by atoms with E-state index in [1.165, 1.54) is 15.6 Å². The lowest BCUT2D eigenvalue weighted by Crippen LogP contribution is -2.69. The molecular formula is C28H24ClNO2Si. The second kappa shape index (κ2) is 10.3. The Labute approximate surface area is 200 Å². The highest BCUT2D eigenvalue weighted by atomic mass is 35.5. The molecule has 0 aliphatic heterocycles. The minimum Gasteiger partial charge on any atom is -0.445 e. The van der Waals surface area contributed by atoms with Crippen LogP contribution in [0.15, 0.2) is 127 Å². The van der Waals surface area contributed by atoms with Crippen LogP contribution in [0.5, 0.6) is 0 Å². The van der Waals surface area contributed by atoms with Crippen LogP contribution in [0.3, 0.4) is 0 Å². The quantitative estimate of drug-likeness (QED) is 0.300. The van der Waals surface area contributed by atoms with Crippen molar-refractivity contribution in [1.29, 1.82) is 0 Å². The molecule has 0 atom stereocenters. The first-order valence-corrected chi connectivity index (χ1v) is 13.0. The molecule has 0 unspecified atom stereocenters. The number of amides is 1. The molecule has 0 spiro atoms. The van der Waals surface area contributed by atoms with E-state index in [0.29, 0.717) is 10.7 Å². The molecule has 0 radical (unpaired) electrons. The molecule has 4 aromatic carbocycles. The predicted octanol–water partition coefficient (Wildman–Crippen LogP) is 5.15. The van der Waals surface area contributed by atoms with E-state index < -0.39 is 14.2 Å². The van der Waals surface area contributed by atoms with E-state index in [1.807, 2.05) is 54.6 Å². The number of halogens is 1. The second-order valence-electron chi connectivity index (χ2n) is 7.66. The third-order valence-corrected chi connectivity index (χ3v) is 10.7. The summed E-state index contributed by atoms with van der Waals surface area (Å²) in [5, 5.41) is 7.81. The van der Waals surface area contributed by atoms with Crippen LogP contribution >= 0.6 is 11.6 Å². The van der Waals surface area contributed by atoms with Crippen molar-refractivity contribution in [2.24, 2.45) is 0 Å². The SMILES string of the molecule is C=C(COC(=O)Nc1ccc(Cl)cc1)[Si](c1ccccc1)(c1ccccc1)c1ccccc1. The van der Waals surface area contributed by atoms with Gasteiger partial charge in [-0.1, -0.05) is 109 Å². The number of hydrogen-bond donors (Lipinski definition) is 1. The molecule has 33 heavy (non-hydrogen) atoms. The molecule has 0 fully saturated rings. The number of rotatable bonds is 7. The zero-order valence-electron chi connectivity index (χ0n) is 18.1. The molecule has 0 saturated heterocycles. The summed E-state index contributed by atoms with van der Waals surface area (Å²) in [4.78, 5) is 12.5. The molecule has 4 aromatic rings. The van der Waals surface area contributed by atoms with Crippen molar-refractivity contribution in [1.82, 2.24) is 0 Å². The summed E-state index contributed by atoms with van der Waals surface area (Å²) in [5.41, 5.74) is 0.618. The molecule has 164 valence electrons. The highest BCUT2D eigenvalue weighted by Gasteiger charge is 2.42. The molecule has 0 aliphatic rings. The van der Waals surface area contributed by atoms with Gasteiger partial charge in [-0.05, 0) is 45.0 Å². The van der Waals surface area contributed by atoms with Gasteiger partial charge in [0, 0.05) is 10.7 Å². The maximum absolute atomic E-state index is 12.5. The van der Waals surface area contributed by atoms with Crippen LogP contribution in [0.2, 0.25) is 5.02 Å². The van der Waals surface area contributed by atoms with Crippen LogP contribution in [-0.2, 0) is 4.74 Å². The second-order valence-corrected chi connectivity index (χ2v) is 12.0. The Bertz CT molecular complexity index is 1120. The standard InChI is InChI=1S/C28H24ClNO2Si/c1-22(21-32-28(31)30-24-19-17-23(29)18-20-24)33(25-11-5-2-6-12-25,26-13-7-3-8-14-26)27-15-9-4-10-16-27/h2-20H,1,21H2,(H,30,31). The Balaban J connectivity index is 1.69. The van der Waals surface area contributed by atoms with Gasteiger partial charge in [0.05, 0.1) is 0 Å². The number of hydrogen-bond acceptors (Lipinski definition) is 2. The van der Waals surface area contributed by atoms with Gasteiger partial charge in [0.25, 0.3) is 0 Å². The molecule has 1 N–H and O–H groups in total. The fourth-order valence-electron chi connectivity index (χ4n) is 4.12. The van der Waals surface area contributed by atoms with E-state index in [9.17, 15) is 4.79 Å². The number of ether oxygens (including phenoxy) is 1. The average molecular weight is 470 g/mol. The first-order chi connectivity index (χ1) is 16.1. The van der Waals surface area contributed by atoms with E-state index in [-0.39, 0.29) is 6.61 Å². The van der Waals surface area contributed by atoms with Crippen molar-refractivity contribution in [2.45, 2.75) is 0 Å². The molecule has 0 aromatic heterocycles. The van der Waals surface area contributed by atoms with Gasteiger partial charge in [-0.25, -0.2) is 4.79 Å². The summed E-state index contributed by atoms with van der Waals surface area (Å²) >= 11 is 5.92. The van der Waals surface area contributed by atoms with Crippen molar-refractivity contribution < 1.29 is 9.53 Å². The molecule has 3 nitrogen and oxygen atoms in total. The van der Waals surface area contributed by atoms with Crippen LogP contribution < -0.4 is 20.9 Å². The highest BCUT2D eigenvalue weighted by Crippen LogP contribution is 2.18. The van der Waals surface area contributed by atoms with Crippen LogP contribution in [0, 0.1) is 0 Å². The maximum Gasteiger partial charge on any atom is 0.411 e. The van der Waals surface area contributed by atoms with Gasteiger partial charge in [-0.2, -0.15) is 0 Å². The number of nitrogens with one attached hydrogen (secondary N) is 1. The lowest BCUT2D eigenvalue weighted by atomic mass is 10.3. The van der Waals surface area contributed by atoms with Crippen molar-refractivity contribution in [3.63, 3.8) is 0 Å². The van der Waals surface area contributed by atoms with Crippen LogP contribution in [0.25, 0.3) is 0 Å². The first-order valence-electron chi connectivity index (χ1n) is 10.6. The first kappa shape index (κ1) is 22.6. The molecule has 0 heterocycles. The minimum absolute atomic E-state index is 0.102. The zero-order valence-corrected chi connectivity index (χ0v) is 19.8. The monoisotopic (exact) mass is 469 g/mol. The van der Waals surface area contributed by atoms with Gasteiger partial charge in [0.15, 0.2) is 8.07 Å². The molecular weight excluding hydrogens is 446 g/mol. The van der Waals surface area contributed by atoms with Crippen LogP contribution in [0.4, 0.5) is 10.5 Å². The van der Waals surface area contributed by atoms with Gasteiger partial charge < -0.3 is 4.74 Å². The predicted molar refractivity (Wildman–Crippen MR) is 140 cm³/mol.